The van der Waals surface area contributed by atoms with Gasteiger partial charge in [0.2, 0.25) is 5.89 Å². The standard InChI is InChI=1S/C12H15N3O3S/c1-9(2)6-11-14-12(18-15-11)8-19(16,17)10-4-3-5-13-7-10/h3-5,7,9H,6,8H2,1-2H3. The van der Waals surface area contributed by atoms with Crippen molar-refractivity contribution in [3.05, 3.63) is 36.2 Å². The Hall–Kier alpha value is -1.76. The third-order valence-corrected chi connectivity index (χ3v) is 3.99. The minimum absolute atomic E-state index is 0.111. The predicted octanol–water partition coefficient (Wildman–Crippen LogP) is 1.64. The molecular weight excluding hydrogens is 266 g/mol. The summed E-state index contributed by atoms with van der Waals surface area (Å²) < 4.78 is 29.1. The van der Waals surface area contributed by atoms with Crippen LogP contribution in [0.1, 0.15) is 25.6 Å². The molecule has 0 unspecified atom stereocenters. The third kappa shape index (κ3) is 3.60. The summed E-state index contributed by atoms with van der Waals surface area (Å²) in [4.78, 5) is 8.03. The molecule has 0 fully saturated rings. The quantitative estimate of drug-likeness (QED) is 0.828. The van der Waals surface area contributed by atoms with Gasteiger partial charge in [0.25, 0.3) is 0 Å². The van der Waals surface area contributed by atoms with Crippen molar-refractivity contribution in [2.24, 2.45) is 5.92 Å². The lowest BCUT2D eigenvalue weighted by atomic mass is 10.1. The fourth-order valence-electron chi connectivity index (χ4n) is 1.57. The Balaban J connectivity index is 2.15. The van der Waals surface area contributed by atoms with E-state index in [0.29, 0.717) is 18.2 Å². The SMILES string of the molecule is CC(C)Cc1noc(CS(=O)(=O)c2cccnc2)n1. The van der Waals surface area contributed by atoms with E-state index in [1.165, 1.54) is 18.5 Å². The summed E-state index contributed by atoms with van der Waals surface area (Å²) >= 11 is 0. The molecular formula is C12H15N3O3S. The lowest BCUT2D eigenvalue weighted by molar-refractivity contribution is 0.380. The summed E-state index contributed by atoms with van der Waals surface area (Å²) in [6, 6.07) is 3.07. The number of hydrogen-bond acceptors (Lipinski definition) is 6. The first-order chi connectivity index (χ1) is 8.97. The Morgan fingerprint density at radius 3 is 2.79 bits per heavy atom. The van der Waals surface area contributed by atoms with Crippen molar-refractivity contribution < 1.29 is 12.9 Å². The van der Waals surface area contributed by atoms with E-state index in [4.69, 9.17) is 4.52 Å². The van der Waals surface area contributed by atoms with Crippen LogP contribution < -0.4 is 0 Å². The Bertz CT molecular complexity index is 635. The zero-order chi connectivity index (χ0) is 13.9. The van der Waals surface area contributed by atoms with Crippen LogP contribution >= 0.6 is 0 Å². The Morgan fingerprint density at radius 2 is 2.16 bits per heavy atom. The van der Waals surface area contributed by atoms with Crippen molar-refractivity contribution in [3.63, 3.8) is 0 Å². The van der Waals surface area contributed by atoms with E-state index < -0.39 is 9.84 Å². The van der Waals surface area contributed by atoms with Crippen molar-refractivity contribution in [2.75, 3.05) is 0 Å². The van der Waals surface area contributed by atoms with Gasteiger partial charge in [0, 0.05) is 18.8 Å². The maximum absolute atomic E-state index is 12.1. The van der Waals surface area contributed by atoms with E-state index in [1.54, 1.807) is 6.07 Å². The number of aromatic nitrogens is 3. The highest BCUT2D eigenvalue weighted by Crippen LogP contribution is 2.14. The molecule has 0 radical (unpaired) electrons. The normalized spacial score (nSPS) is 11.9. The number of hydrogen-bond donors (Lipinski definition) is 0. The minimum Gasteiger partial charge on any atom is -0.338 e. The average Bonchev–Trinajstić information content (AvgIpc) is 2.76. The van der Waals surface area contributed by atoms with Gasteiger partial charge in [-0.1, -0.05) is 19.0 Å². The second kappa shape index (κ2) is 5.48. The Morgan fingerprint density at radius 1 is 1.37 bits per heavy atom. The van der Waals surface area contributed by atoms with E-state index in [0.717, 1.165) is 0 Å². The molecule has 2 heterocycles. The van der Waals surface area contributed by atoms with Crippen LogP contribution in [0.2, 0.25) is 0 Å². The molecule has 0 amide bonds. The first kappa shape index (κ1) is 13.7. The number of sulfone groups is 1. The summed E-state index contributed by atoms with van der Waals surface area (Å²) in [5.74, 6) is 0.732. The molecule has 2 rings (SSSR count). The number of rotatable bonds is 5. The average molecular weight is 281 g/mol. The summed E-state index contributed by atoms with van der Waals surface area (Å²) in [6.45, 7) is 4.06. The van der Waals surface area contributed by atoms with Gasteiger partial charge in [-0.25, -0.2) is 8.42 Å². The molecule has 2 aromatic heterocycles. The number of nitrogens with zero attached hydrogens (tertiary/aromatic N) is 3. The molecule has 0 aliphatic heterocycles. The molecule has 0 spiro atoms. The topological polar surface area (TPSA) is 86.0 Å². The van der Waals surface area contributed by atoms with Crippen molar-refractivity contribution >= 4 is 9.84 Å². The van der Waals surface area contributed by atoms with Gasteiger partial charge in [-0.3, -0.25) is 4.98 Å². The third-order valence-electron chi connectivity index (χ3n) is 2.41. The molecule has 2 aromatic rings. The van der Waals surface area contributed by atoms with Crippen molar-refractivity contribution in [2.45, 2.75) is 30.9 Å². The molecule has 0 aliphatic carbocycles. The van der Waals surface area contributed by atoms with Crippen LogP contribution in [0.25, 0.3) is 0 Å². The lowest BCUT2D eigenvalue weighted by Gasteiger charge is -1.99. The van der Waals surface area contributed by atoms with Gasteiger partial charge in [-0.05, 0) is 18.1 Å². The molecule has 19 heavy (non-hydrogen) atoms. The van der Waals surface area contributed by atoms with Gasteiger partial charge in [0.15, 0.2) is 15.7 Å². The second-order valence-electron chi connectivity index (χ2n) is 4.65. The second-order valence-corrected chi connectivity index (χ2v) is 6.64. The highest BCUT2D eigenvalue weighted by molar-refractivity contribution is 7.90. The maximum atomic E-state index is 12.1. The molecule has 0 aliphatic rings. The van der Waals surface area contributed by atoms with E-state index in [9.17, 15) is 8.42 Å². The van der Waals surface area contributed by atoms with Gasteiger partial charge >= 0.3 is 0 Å². The van der Waals surface area contributed by atoms with Gasteiger partial charge in [0.05, 0.1) is 4.90 Å². The molecule has 0 atom stereocenters. The van der Waals surface area contributed by atoms with Crippen LogP contribution in [0.15, 0.2) is 33.9 Å². The van der Waals surface area contributed by atoms with E-state index in [-0.39, 0.29) is 16.5 Å². The van der Waals surface area contributed by atoms with Crippen LogP contribution in [0.5, 0.6) is 0 Å². The largest absolute Gasteiger partial charge is 0.338 e. The zero-order valence-corrected chi connectivity index (χ0v) is 11.6. The van der Waals surface area contributed by atoms with Gasteiger partial charge < -0.3 is 4.52 Å². The van der Waals surface area contributed by atoms with Crippen LogP contribution in [0, 0.1) is 5.92 Å². The first-order valence-electron chi connectivity index (χ1n) is 5.91. The molecule has 6 nitrogen and oxygen atoms in total. The van der Waals surface area contributed by atoms with Crippen molar-refractivity contribution in [1.29, 1.82) is 0 Å². The lowest BCUT2D eigenvalue weighted by Crippen LogP contribution is -2.06. The molecule has 0 bridgehead atoms. The summed E-state index contributed by atoms with van der Waals surface area (Å²) in [7, 11) is -3.49. The van der Waals surface area contributed by atoms with Crippen LogP contribution in [0.4, 0.5) is 0 Å². The molecule has 0 N–H and O–H groups in total. The fourth-order valence-corrected chi connectivity index (χ4v) is 2.69. The van der Waals surface area contributed by atoms with Crippen LogP contribution in [-0.2, 0) is 22.0 Å². The molecule has 0 saturated carbocycles. The molecule has 0 aromatic carbocycles. The van der Waals surface area contributed by atoms with E-state index in [1.807, 2.05) is 13.8 Å². The molecule has 102 valence electrons. The van der Waals surface area contributed by atoms with Gasteiger partial charge in [-0.2, -0.15) is 4.98 Å². The highest BCUT2D eigenvalue weighted by Gasteiger charge is 2.20. The molecule has 0 saturated heterocycles. The van der Waals surface area contributed by atoms with Crippen molar-refractivity contribution in [1.82, 2.24) is 15.1 Å². The monoisotopic (exact) mass is 281 g/mol. The smallest absolute Gasteiger partial charge is 0.242 e. The summed E-state index contributed by atoms with van der Waals surface area (Å²) in [5, 5.41) is 3.77. The van der Waals surface area contributed by atoms with Crippen molar-refractivity contribution in [3.8, 4) is 0 Å². The summed E-state index contributed by atoms with van der Waals surface area (Å²) in [6.07, 6.45) is 3.49. The minimum atomic E-state index is -3.49. The fraction of sp³-hybridized carbons (Fsp3) is 0.417. The molecule has 7 heteroatoms. The number of pyridine rings is 1. The predicted molar refractivity (Wildman–Crippen MR) is 68.0 cm³/mol. The van der Waals surface area contributed by atoms with E-state index in [2.05, 4.69) is 15.1 Å². The van der Waals surface area contributed by atoms with E-state index >= 15 is 0 Å². The summed E-state index contributed by atoms with van der Waals surface area (Å²) in [5.41, 5.74) is 0. The Labute approximate surface area is 111 Å². The first-order valence-corrected chi connectivity index (χ1v) is 7.57. The van der Waals surface area contributed by atoms with Crippen LogP contribution in [-0.4, -0.2) is 23.5 Å². The zero-order valence-electron chi connectivity index (χ0n) is 10.8. The Kier molecular flexibility index (Phi) is 3.94. The van der Waals surface area contributed by atoms with Gasteiger partial charge in [0.1, 0.15) is 5.75 Å². The highest BCUT2D eigenvalue weighted by atomic mass is 32.2. The van der Waals surface area contributed by atoms with Gasteiger partial charge in [-0.15, -0.1) is 0 Å². The maximum Gasteiger partial charge on any atom is 0.242 e. The van der Waals surface area contributed by atoms with Crippen LogP contribution in [0.3, 0.4) is 0 Å².